The molecule has 98 valence electrons. The van der Waals surface area contributed by atoms with Crippen LogP contribution in [0.2, 0.25) is 0 Å². The van der Waals surface area contributed by atoms with Gasteiger partial charge in [-0.1, -0.05) is 13.3 Å². The van der Waals surface area contributed by atoms with Crippen LogP contribution in [0.3, 0.4) is 0 Å². The molecule has 2 unspecified atom stereocenters. The van der Waals surface area contributed by atoms with Crippen LogP contribution in [-0.2, 0) is 9.59 Å². The van der Waals surface area contributed by atoms with Crippen LogP contribution in [0.5, 0.6) is 0 Å². The molecule has 1 saturated heterocycles. The Kier molecular flexibility index (Phi) is 5.27. The summed E-state index contributed by atoms with van der Waals surface area (Å²) in [6.45, 7) is 2.31. The summed E-state index contributed by atoms with van der Waals surface area (Å²) < 4.78 is 0. The molecule has 0 bridgehead atoms. The van der Waals surface area contributed by atoms with E-state index in [1.54, 1.807) is 21.6 Å². The molecule has 2 atom stereocenters. The normalized spacial score (nSPS) is 24.4. The van der Waals surface area contributed by atoms with E-state index < -0.39 is 12.0 Å². The lowest BCUT2D eigenvalue weighted by atomic mass is 10.2. The number of carboxylic acid groups (broad SMARTS) is 1. The Bertz CT molecular complexity index is 296. The van der Waals surface area contributed by atoms with Crippen molar-refractivity contribution in [2.24, 2.45) is 0 Å². The van der Waals surface area contributed by atoms with Gasteiger partial charge in [0.05, 0.1) is 11.9 Å². The summed E-state index contributed by atoms with van der Waals surface area (Å²) in [4.78, 5) is 26.5. The van der Waals surface area contributed by atoms with Gasteiger partial charge in [0.2, 0.25) is 5.91 Å². The van der Waals surface area contributed by atoms with Crippen LogP contribution in [0, 0.1) is 0 Å². The van der Waals surface area contributed by atoms with Crippen molar-refractivity contribution in [1.29, 1.82) is 0 Å². The van der Waals surface area contributed by atoms with Crippen LogP contribution in [0.4, 0.5) is 0 Å². The molecule has 0 aromatic carbocycles. The maximum absolute atomic E-state index is 12.1. The Morgan fingerprint density at radius 2 is 2.12 bits per heavy atom. The first-order valence-corrected chi connectivity index (χ1v) is 6.82. The van der Waals surface area contributed by atoms with Crippen LogP contribution in [0.15, 0.2) is 0 Å². The monoisotopic (exact) mass is 260 g/mol. The minimum Gasteiger partial charge on any atom is -0.480 e. The third kappa shape index (κ3) is 3.61. The van der Waals surface area contributed by atoms with E-state index in [0.29, 0.717) is 5.75 Å². The Hall–Kier alpha value is -0.750. The topological polar surface area (TPSA) is 60.9 Å². The first-order valence-electron chi connectivity index (χ1n) is 5.77. The number of amides is 1. The number of thioether (sulfide) groups is 1. The summed E-state index contributed by atoms with van der Waals surface area (Å²) in [5.41, 5.74) is 0. The van der Waals surface area contributed by atoms with E-state index in [1.165, 1.54) is 0 Å². The minimum absolute atomic E-state index is 0.0218. The molecule has 5 nitrogen and oxygen atoms in total. The quantitative estimate of drug-likeness (QED) is 0.788. The molecule has 0 saturated carbocycles. The molecule has 1 aliphatic heterocycles. The summed E-state index contributed by atoms with van der Waals surface area (Å²) in [5, 5.41) is 9.15. The third-order valence-corrected chi connectivity index (χ3v) is 4.01. The average Bonchev–Trinajstić information content (AvgIpc) is 2.61. The standard InChI is InChI=1S/C11H20N2O3S/c1-4-5-10-13(9(14)6-12(2)3)8(7-17-10)11(15)16/h8,10H,4-7H2,1-3H3,(H,15,16). The number of hydrogen-bond donors (Lipinski definition) is 1. The molecule has 0 radical (unpaired) electrons. The summed E-state index contributed by atoms with van der Waals surface area (Å²) >= 11 is 1.57. The second-order valence-corrected chi connectivity index (χ2v) is 5.68. The maximum Gasteiger partial charge on any atom is 0.327 e. The van der Waals surface area contributed by atoms with Gasteiger partial charge in [0.15, 0.2) is 0 Å². The van der Waals surface area contributed by atoms with Crippen LogP contribution >= 0.6 is 11.8 Å². The number of aliphatic carboxylic acids is 1. The van der Waals surface area contributed by atoms with Gasteiger partial charge in [0.25, 0.3) is 0 Å². The number of nitrogens with zero attached hydrogens (tertiary/aromatic N) is 2. The van der Waals surface area contributed by atoms with Gasteiger partial charge >= 0.3 is 5.97 Å². The van der Waals surface area contributed by atoms with E-state index in [4.69, 9.17) is 5.11 Å². The molecule has 0 aliphatic carbocycles. The summed E-state index contributed by atoms with van der Waals surface area (Å²) in [6, 6.07) is -0.663. The van der Waals surface area contributed by atoms with Gasteiger partial charge in [0.1, 0.15) is 6.04 Å². The highest BCUT2D eigenvalue weighted by Gasteiger charge is 2.40. The highest BCUT2D eigenvalue weighted by atomic mass is 32.2. The smallest absolute Gasteiger partial charge is 0.327 e. The van der Waals surface area contributed by atoms with Crippen LogP contribution in [0.1, 0.15) is 19.8 Å². The van der Waals surface area contributed by atoms with Crippen molar-refractivity contribution in [2.45, 2.75) is 31.2 Å². The van der Waals surface area contributed by atoms with Gasteiger partial charge in [-0.05, 0) is 20.5 Å². The van der Waals surface area contributed by atoms with Crippen molar-refractivity contribution in [3.8, 4) is 0 Å². The molecular formula is C11H20N2O3S. The molecule has 0 spiro atoms. The number of carbonyl (C=O) groups excluding carboxylic acids is 1. The zero-order chi connectivity index (χ0) is 13.0. The summed E-state index contributed by atoms with van der Waals surface area (Å²) in [6.07, 6.45) is 1.81. The van der Waals surface area contributed by atoms with Gasteiger partial charge in [0, 0.05) is 5.75 Å². The Morgan fingerprint density at radius 1 is 1.47 bits per heavy atom. The first kappa shape index (κ1) is 14.3. The maximum atomic E-state index is 12.1. The molecule has 0 aromatic rings. The number of likely N-dealkylation sites (N-methyl/N-ethyl adjacent to an activating group) is 1. The molecule has 1 fully saturated rings. The summed E-state index contributed by atoms with van der Waals surface area (Å²) in [5.74, 6) is -0.492. The van der Waals surface area contributed by atoms with Gasteiger partial charge in [-0.15, -0.1) is 11.8 Å². The fourth-order valence-electron chi connectivity index (χ4n) is 1.91. The predicted molar refractivity (Wildman–Crippen MR) is 68.0 cm³/mol. The fourth-order valence-corrected chi connectivity index (χ4v) is 3.44. The lowest BCUT2D eigenvalue weighted by Gasteiger charge is -2.28. The predicted octanol–water partition coefficient (Wildman–Crippen LogP) is 0.703. The van der Waals surface area contributed by atoms with Crippen LogP contribution in [-0.4, -0.2) is 64.6 Å². The number of carboxylic acids is 1. The Morgan fingerprint density at radius 3 is 2.59 bits per heavy atom. The van der Waals surface area contributed by atoms with Gasteiger partial charge in [-0.25, -0.2) is 4.79 Å². The molecule has 1 N–H and O–H groups in total. The molecule has 1 amide bonds. The van der Waals surface area contributed by atoms with Crippen molar-refractivity contribution in [3.63, 3.8) is 0 Å². The van der Waals surface area contributed by atoms with E-state index in [9.17, 15) is 9.59 Å². The average molecular weight is 260 g/mol. The molecule has 1 rings (SSSR count). The van der Waals surface area contributed by atoms with Crippen molar-refractivity contribution in [1.82, 2.24) is 9.80 Å². The molecule has 0 aromatic heterocycles. The van der Waals surface area contributed by atoms with E-state index in [0.717, 1.165) is 12.8 Å². The number of hydrogen-bond acceptors (Lipinski definition) is 4. The zero-order valence-electron chi connectivity index (χ0n) is 10.5. The van der Waals surface area contributed by atoms with E-state index in [-0.39, 0.29) is 17.8 Å². The SMILES string of the molecule is CCCC1SCC(C(=O)O)N1C(=O)CN(C)C. The van der Waals surface area contributed by atoms with E-state index in [2.05, 4.69) is 0 Å². The van der Waals surface area contributed by atoms with E-state index >= 15 is 0 Å². The van der Waals surface area contributed by atoms with Gasteiger partial charge < -0.3 is 14.9 Å². The Labute approximate surface area is 106 Å². The minimum atomic E-state index is -0.900. The van der Waals surface area contributed by atoms with Gasteiger partial charge in [-0.2, -0.15) is 0 Å². The van der Waals surface area contributed by atoms with Crippen LogP contribution in [0.25, 0.3) is 0 Å². The van der Waals surface area contributed by atoms with Crippen molar-refractivity contribution < 1.29 is 14.7 Å². The number of rotatable bonds is 5. The second-order valence-electron chi connectivity index (χ2n) is 4.47. The molecule has 6 heteroatoms. The molecule has 17 heavy (non-hydrogen) atoms. The summed E-state index contributed by atoms with van der Waals surface area (Å²) in [7, 11) is 3.62. The lowest BCUT2D eigenvalue weighted by Crippen LogP contribution is -2.48. The molecular weight excluding hydrogens is 240 g/mol. The van der Waals surface area contributed by atoms with Crippen LogP contribution < -0.4 is 0 Å². The third-order valence-electron chi connectivity index (χ3n) is 2.65. The van der Waals surface area contributed by atoms with E-state index in [1.807, 2.05) is 21.0 Å². The Balaban J connectivity index is 2.77. The van der Waals surface area contributed by atoms with Crippen molar-refractivity contribution in [3.05, 3.63) is 0 Å². The highest BCUT2D eigenvalue weighted by molar-refractivity contribution is 8.00. The van der Waals surface area contributed by atoms with Gasteiger partial charge in [-0.3, -0.25) is 4.79 Å². The lowest BCUT2D eigenvalue weighted by molar-refractivity contribution is -0.149. The first-order chi connectivity index (χ1) is 7.97. The highest BCUT2D eigenvalue weighted by Crippen LogP contribution is 2.32. The second kappa shape index (κ2) is 6.26. The fraction of sp³-hybridized carbons (Fsp3) is 0.818. The van der Waals surface area contributed by atoms with Crippen molar-refractivity contribution in [2.75, 3.05) is 26.4 Å². The number of carbonyl (C=O) groups is 2. The zero-order valence-corrected chi connectivity index (χ0v) is 11.4. The molecule has 1 heterocycles. The largest absolute Gasteiger partial charge is 0.480 e. The van der Waals surface area contributed by atoms with Crippen molar-refractivity contribution >= 4 is 23.6 Å². The molecule has 1 aliphatic rings.